The predicted octanol–water partition coefficient (Wildman–Crippen LogP) is 5.03. The van der Waals surface area contributed by atoms with Crippen molar-refractivity contribution in [3.8, 4) is 5.75 Å². The molecule has 0 aromatic heterocycles. The van der Waals surface area contributed by atoms with Crippen molar-refractivity contribution >= 4 is 17.7 Å². The zero-order valence-electron chi connectivity index (χ0n) is 23.5. The Kier molecular flexibility index (Phi) is 8.93. The van der Waals surface area contributed by atoms with E-state index in [2.05, 4.69) is 0 Å². The second kappa shape index (κ2) is 12.0. The van der Waals surface area contributed by atoms with E-state index in [-0.39, 0.29) is 54.1 Å². The highest BCUT2D eigenvalue weighted by Crippen LogP contribution is 2.41. The number of fused-ring (bicyclic) bond motifs is 1. The third kappa shape index (κ3) is 6.19. The number of methoxy groups -OCH3 is 1. The first-order valence-electron chi connectivity index (χ1n) is 13.7. The van der Waals surface area contributed by atoms with E-state index in [4.69, 9.17) is 14.6 Å². The van der Waals surface area contributed by atoms with Crippen LogP contribution in [-0.2, 0) is 37.4 Å². The first kappa shape index (κ1) is 29.6. The SMILES string of the molecule is CCOc1ccc2c(c1)CCN(C(=O)C1CC(CC(=O)O)C1)C2C(=O)Cc1cc(F)c(C(C)(C)COC)c(F)c1. The Balaban J connectivity index is 1.62. The lowest BCUT2D eigenvalue weighted by Crippen LogP contribution is -2.49. The Hall–Kier alpha value is -3.33. The summed E-state index contributed by atoms with van der Waals surface area (Å²) in [4.78, 5) is 40.0. The minimum Gasteiger partial charge on any atom is -0.494 e. The van der Waals surface area contributed by atoms with E-state index < -0.39 is 29.1 Å². The van der Waals surface area contributed by atoms with Crippen LogP contribution in [0.1, 0.15) is 68.3 Å². The van der Waals surface area contributed by atoms with Crippen molar-refractivity contribution in [3.63, 3.8) is 0 Å². The van der Waals surface area contributed by atoms with Crippen LogP contribution in [0.4, 0.5) is 8.78 Å². The number of benzene rings is 2. The molecule has 1 aliphatic carbocycles. The van der Waals surface area contributed by atoms with Crippen LogP contribution >= 0.6 is 0 Å². The fourth-order valence-electron chi connectivity index (χ4n) is 6.13. The van der Waals surface area contributed by atoms with E-state index in [0.717, 1.165) is 5.56 Å². The average molecular weight is 558 g/mol. The molecular weight excluding hydrogens is 520 g/mol. The zero-order valence-corrected chi connectivity index (χ0v) is 23.5. The van der Waals surface area contributed by atoms with Crippen LogP contribution < -0.4 is 4.74 Å². The van der Waals surface area contributed by atoms with Crippen LogP contribution in [0, 0.1) is 23.5 Å². The lowest BCUT2D eigenvalue weighted by atomic mass is 9.72. The monoisotopic (exact) mass is 557 g/mol. The molecule has 4 rings (SSSR count). The fourth-order valence-corrected chi connectivity index (χ4v) is 6.13. The van der Waals surface area contributed by atoms with Crippen molar-refractivity contribution < 1.29 is 37.7 Å². The van der Waals surface area contributed by atoms with Gasteiger partial charge in [-0.2, -0.15) is 0 Å². The molecule has 2 aliphatic rings. The summed E-state index contributed by atoms with van der Waals surface area (Å²) in [5, 5.41) is 9.06. The molecule has 1 aliphatic heterocycles. The molecule has 1 atom stereocenters. The van der Waals surface area contributed by atoms with Gasteiger partial charge in [0.2, 0.25) is 5.91 Å². The molecule has 40 heavy (non-hydrogen) atoms. The van der Waals surface area contributed by atoms with Gasteiger partial charge in [-0.3, -0.25) is 14.4 Å². The van der Waals surface area contributed by atoms with E-state index in [1.165, 1.54) is 19.2 Å². The van der Waals surface area contributed by atoms with E-state index >= 15 is 8.78 Å². The molecule has 0 bridgehead atoms. The number of amides is 1. The van der Waals surface area contributed by atoms with Crippen molar-refractivity contribution in [2.45, 2.75) is 64.3 Å². The topological polar surface area (TPSA) is 93.1 Å². The van der Waals surface area contributed by atoms with Crippen molar-refractivity contribution in [3.05, 3.63) is 64.2 Å². The predicted molar refractivity (Wildman–Crippen MR) is 144 cm³/mol. The summed E-state index contributed by atoms with van der Waals surface area (Å²) in [6.45, 7) is 6.16. The van der Waals surface area contributed by atoms with Gasteiger partial charge in [0.1, 0.15) is 23.4 Å². The number of hydrogen-bond acceptors (Lipinski definition) is 5. The number of rotatable bonds is 11. The number of halogens is 2. The van der Waals surface area contributed by atoms with E-state index in [9.17, 15) is 14.4 Å². The molecule has 1 fully saturated rings. The summed E-state index contributed by atoms with van der Waals surface area (Å²) >= 11 is 0. The van der Waals surface area contributed by atoms with E-state index in [0.29, 0.717) is 43.7 Å². The largest absolute Gasteiger partial charge is 0.494 e. The van der Waals surface area contributed by atoms with Crippen LogP contribution in [0.5, 0.6) is 5.75 Å². The number of Topliss-reactive ketones (excluding diaryl/α,β-unsaturated/α-hetero) is 1. The third-order valence-electron chi connectivity index (χ3n) is 7.95. The number of nitrogens with zero attached hydrogens (tertiary/aromatic N) is 1. The van der Waals surface area contributed by atoms with Crippen molar-refractivity contribution in [2.24, 2.45) is 11.8 Å². The van der Waals surface area contributed by atoms with Crippen molar-refractivity contribution in [2.75, 3.05) is 26.9 Å². The lowest BCUT2D eigenvalue weighted by molar-refractivity contribution is -0.149. The molecular formula is C31H37F2NO6. The minimum atomic E-state index is -0.916. The summed E-state index contributed by atoms with van der Waals surface area (Å²) in [6.07, 6.45) is 1.22. The zero-order chi connectivity index (χ0) is 29.2. The van der Waals surface area contributed by atoms with Gasteiger partial charge >= 0.3 is 5.97 Å². The minimum absolute atomic E-state index is 0.0173. The van der Waals surface area contributed by atoms with Crippen molar-refractivity contribution in [1.82, 2.24) is 4.90 Å². The van der Waals surface area contributed by atoms with Gasteiger partial charge in [0.15, 0.2) is 5.78 Å². The molecule has 7 nitrogen and oxygen atoms in total. The first-order chi connectivity index (χ1) is 18.9. The fraction of sp³-hybridized carbons (Fsp3) is 0.516. The van der Waals surface area contributed by atoms with Crippen LogP contribution in [0.15, 0.2) is 30.3 Å². The summed E-state index contributed by atoms with van der Waals surface area (Å²) in [5.74, 6) is -2.65. The molecule has 216 valence electrons. The standard InChI is InChI=1S/C31H37F2NO6/c1-5-40-22-6-7-23-20(16-22)8-9-34(30(38)21-10-18(11-21)15-27(36)37)29(23)26(35)14-19-12-24(32)28(25(33)13-19)31(2,3)17-39-4/h6-7,12-13,16,18,21,29H,5,8-11,14-15,17H2,1-4H3,(H,36,37). The van der Waals surface area contributed by atoms with Crippen LogP contribution in [-0.4, -0.2) is 54.5 Å². The van der Waals surface area contributed by atoms with Gasteiger partial charge in [-0.15, -0.1) is 0 Å². The number of ether oxygens (including phenoxy) is 2. The second-order valence-corrected chi connectivity index (χ2v) is 11.5. The highest BCUT2D eigenvalue weighted by Gasteiger charge is 2.43. The maximum Gasteiger partial charge on any atom is 0.303 e. The van der Waals surface area contributed by atoms with E-state index in [1.807, 2.05) is 13.0 Å². The quantitative estimate of drug-likeness (QED) is 0.417. The molecule has 1 N–H and O–H groups in total. The molecule has 0 saturated heterocycles. The number of carbonyl (C=O) groups excluding carboxylic acids is 2. The molecule has 1 amide bonds. The molecule has 0 radical (unpaired) electrons. The van der Waals surface area contributed by atoms with E-state index in [1.54, 1.807) is 30.9 Å². The first-order valence-corrected chi connectivity index (χ1v) is 13.7. The van der Waals surface area contributed by atoms with Crippen LogP contribution in [0.25, 0.3) is 0 Å². The molecule has 2 aromatic carbocycles. The number of carbonyl (C=O) groups is 3. The number of ketones is 1. The van der Waals surface area contributed by atoms with Crippen molar-refractivity contribution in [1.29, 1.82) is 0 Å². The highest BCUT2D eigenvalue weighted by molar-refractivity contribution is 5.93. The molecule has 9 heteroatoms. The Morgan fingerprint density at radius 2 is 1.77 bits per heavy atom. The maximum atomic E-state index is 15.1. The Morgan fingerprint density at radius 1 is 1.10 bits per heavy atom. The Morgan fingerprint density at radius 3 is 2.38 bits per heavy atom. The molecule has 1 saturated carbocycles. The summed E-state index contributed by atoms with van der Waals surface area (Å²) < 4.78 is 41.0. The summed E-state index contributed by atoms with van der Waals surface area (Å²) in [6, 6.07) is 6.87. The Labute approximate surface area is 233 Å². The molecule has 1 unspecified atom stereocenters. The van der Waals surface area contributed by atoms with Gasteiger partial charge < -0.3 is 19.5 Å². The molecule has 1 heterocycles. The van der Waals surface area contributed by atoms with Crippen LogP contribution in [0.3, 0.4) is 0 Å². The van der Waals surface area contributed by atoms with Gasteiger partial charge in [0.25, 0.3) is 0 Å². The van der Waals surface area contributed by atoms with Gasteiger partial charge in [-0.25, -0.2) is 8.78 Å². The maximum absolute atomic E-state index is 15.1. The number of hydrogen-bond donors (Lipinski definition) is 1. The third-order valence-corrected chi connectivity index (χ3v) is 7.95. The van der Waals surface area contributed by atoms with Gasteiger partial charge in [0, 0.05) is 43.4 Å². The normalized spacial score (nSPS) is 20.4. The number of carboxylic acids is 1. The average Bonchev–Trinajstić information content (AvgIpc) is 2.84. The number of carboxylic acid groups (broad SMARTS) is 1. The van der Waals surface area contributed by atoms with Gasteiger partial charge in [0.05, 0.1) is 13.2 Å². The summed E-state index contributed by atoms with van der Waals surface area (Å²) in [5.41, 5.74) is 0.742. The van der Waals surface area contributed by atoms with Gasteiger partial charge in [-0.1, -0.05) is 19.9 Å². The Bertz CT molecular complexity index is 1260. The highest BCUT2D eigenvalue weighted by atomic mass is 19.1. The summed E-state index contributed by atoms with van der Waals surface area (Å²) in [7, 11) is 1.47. The second-order valence-electron chi connectivity index (χ2n) is 11.5. The van der Waals surface area contributed by atoms with Crippen LogP contribution in [0.2, 0.25) is 0 Å². The lowest BCUT2D eigenvalue weighted by Gasteiger charge is -2.42. The molecule has 2 aromatic rings. The molecule has 0 spiro atoms. The number of aliphatic carboxylic acids is 1. The smallest absolute Gasteiger partial charge is 0.303 e. The van der Waals surface area contributed by atoms with Gasteiger partial charge in [-0.05, 0) is 73.1 Å².